The average molecular weight is 279 g/mol. The van der Waals surface area contributed by atoms with Crippen LogP contribution in [0.2, 0.25) is 0 Å². The van der Waals surface area contributed by atoms with Gasteiger partial charge in [0.05, 0.1) is 17.9 Å². The van der Waals surface area contributed by atoms with Crippen molar-refractivity contribution in [1.29, 1.82) is 0 Å². The highest BCUT2D eigenvalue weighted by atomic mass is 19.4. The SMILES string of the molecule is CCCC(N)c1cn(CC(=O)NCC(F)(F)F)nn1. The van der Waals surface area contributed by atoms with E-state index in [0.717, 1.165) is 17.5 Å². The molecule has 0 spiro atoms. The highest BCUT2D eigenvalue weighted by Gasteiger charge is 2.27. The largest absolute Gasteiger partial charge is 0.405 e. The second-order valence-electron chi connectivity index (χ2n) is 4.13. The number of nitrogens with one attached hydrogen (secondary N) is 1. The number of halogens is 3. The number of aromatic nitrogens is 3. The summed E-state index contributed by atoms with van der Waals surface area (Å²) in [5.74, 6) is -0.780. The summed E-state index contributed by atoms with van der Waals surface area (Å²) in [7, 11) is 0. The first kappa shape index (κ1) is 15.4. The Bertz CT molecular complexity index is 418. The fourth-order valence-corrected chi connectivity index (χ4v) is 1.42. The minimum atomic E-state index is -4.42. The molecule has 0 saturated heterocycles. The van der Waals surface area contributed by atoms with Gasteiger partial charge in [-0.25, -0.2) is 4.68 Å². The lowest BCUT2D eigenvalue weighted by molar-refractivity contribution is -0.138. The van der Waals surface area contributed by atoms with Gasteiger partial charge in [-0.15, -0.1) is 5.10 Å². The predicted octanol–water partition coefficient (Wildman–Crippen LogP) is 0.756. The Balaban J connectivity index is 2.47. The number of carbonyl (C=O) groups is 1. The molecule has 0 aromatic carbocycles. The van der Waals surface area contributed by atoms with E-state index in [1.807, 2.05) is 6.92 Å². The van der Waals surface area contributed by atoms with Gasteiger partial charge in [-0.05, 0) is 6.42 Å². The molecule has 0 bridgehead atoms. The van der Waals surface area contributed by atoms with Crippen molar-refractivity contribution in [3.05, 3.63) is 11.9 Å². The molecule has 1 aromatic heterocycles. The van der Waals surface area contributed by atoms with Gasteiger partial charge in [-0.2, -0.15) is 13.2 Å². The number of nitrogens with zero attached hydrogens (tertiary/aromatic N) is 3. The van der Waals surface area contributed by atoms with Crippen molar-refractivity contribution in [3.8, 4) is 0 Å². The number of hydrogen-bond acceptors (Lipinski definition) is 4. The minimum absolute atomic E-state index is 0.281. The molecule has 0 radical (unpaired) electrons. The van der Waals surface area contributed by atoms with Crippen LogP contribution in [0.25, 0.3) is 0 Å². The van der Waals surface area contributed by atoms with Crippen molar-refractivity contribution >= 4 is 5.91 Å². The molecular formula is C10H16F3N5O. The van der Waals surface area contributed by atoms with Crippen LogP contribution in [-0.2, 0) is 11.3 Å². The van der Waals surface area contributed by atoms with E-state index in [2.05, 4.69) is 10.3 Å². The zero-order chi connectivity index (χ0) is 14.5. The van der Waals surface area contributed by atoms with E-state index in [1.54, 1.807) is 5.32 Å². The molecular weight excluding hydrogens is 263 g/mol. The van der Waals surface area contributed by atoms with E-state index in [4.69, 9.17) is 5.73 Å². The Morgan fingerprint density at radius 1 is 1.58 bits per heavy atom. The van der Waals surface area contributed by atoms with Crippen LogP contribution in [-0.4, -0.2) is 33.6 Å². The third-order valence-corrected chi connectivity index (χ3v) is 2.33. The summed E-state index contributed by atoms with van der Waals surface area (Å²) >= 11 is 0. The minimum Gasteiger partial charge on any atom is -0.345 e. The summed E-state index contributed by atoms with van der Waals surface area (Å²) in [4.78, 5) is 11.2. The number of alkyl halides is 3. The highest BCUT2D eigenvalue weighted by Crippen LogP contribution is 2.13. The Kier molecular flexibility index (Phi) is 5.28. The molecule has 1 atom stereocenters. The Morgan fingerprint density at radius 3 is 2.84 bits per heavy atom. The van der Waals surface area contributed by atoms with Crippen molar-refractivity contribution in [2.45, 2.75) is 38.5 Å². The third-order valence-electron chi connectivity index (χ3n) is 2.33. The summed E-state index contributed by atoms with van der Waals surface area (Å²) in [6.07, 6.45) is -1.36. The van der Waals surface area contributed by atoms with Crippen LogP contribution in [0.5, 0.6) is 0 Å². The van der Waals surface area contributed by atoms with E-state index in [1.165, 1.54) is 6.20 Å². The first-order valence-electron chi connectivity index (χ1n) is 5.81. The second-order valence-corrected chi connectivity index (χ2v) is 4.13. The van der Waals surface area contributed by atoms with Crippen LogP contribution in [0.4, 0.5) is 13.2 Å². The van der Waals surface area contributed by atoms with E-state index in [0.29, 0.717) is 5.69 Å². The monoisotopic (exact) mass is 279 g/mol. The molecule has 19 heavy (non-hydrogen) atoms. The smallest absolute Gasteiger partial charge is 0.345 e. The quantitative estimate of drug-likeness (QED) is 0.805. The summed E-state index contributed by atoms with van der Waals surface area (Å²) in [6, 6.07) is -0.281. The fourth-order valence-electron chi connectivity index (χ4n) is 1.42. The Labute approximate surface area is 108 Å². The first-order valence-corrected chi connectivity index (χ1v) is 5.81. The van der Waals surface area contributed by atoms with Crippen LogP contribution in [0.15, 0.2) is 6.20 Å². The lowest BCUT2D eigenvalue weighted by Crippen LogP contribution is -2.35. The number of rotatable bonds is 6. The van der Waals surface area contributed by atoms with Gasteiger partial charge in [0.1, 0.15) is 13.1 Å². The number of amides is 1. The molecule has 1 aromatic rings. The lowest BCUT2D eigenvalue weighted by atomic mass is 10.1. The first-order chi connectivity index (χ1) is 8.81. The summed E-state index contributed by atoms with van der Waals surface area (Å²) in [6.45, 7) is 0.291. The van der Waals surface area contributed by atoms with Crippen LogP contribution in [0.3, 0.4) is 0 Å². The van der Waals surface area contributed by atoms with Gasteiger partial charge in [-0.1, -0.05) is 18.6 Å². The molecule has 6 nitrogen and oxygen atoms in total. The van der Waals surface area contributed by atoms with Gasteiger partial charge < -0.3 is 11.1 Å². The van der Waals surface area contributed by atoms with Gasteiger partial charge in [-0.3, -0.25) is 4.79 Å². The molecule has 1 heterocycles. The van der Waals surface area contributed by atoms with Crippen molar-refractivity contribution in [2.75, 3.05) is 6.54 Å². The zero-order valence-corrected chi connectivity index (χ0v) is 10.4. The summed E-state index contributed by atoms with van der Waals surface area (Å²) in [5, 5.41) is 9.18. The van der Waals surface area contributed by atoms with Crippen LogP contribution in [0.1, 0.15) is 31.5 Å². The van der Waals surface area contributed by atoms with Gasteiger partial charge in [0.2, 0.25) is 5.91 Å². The van der Waals surface area contributed by atoms with Crippen LogP contribution < -0.4 is 11.1 Å². The van der Waals surface area contributed by atoms with Crippen molar-refractivity contribution < 1.29 is 18.0 Å². The molecule has 9 heteroatoms. The van der Waals surface area contributed by atoms with Gasteiger partial charge in [0.15, 0.2) is 0 Å². The highest BCUT2D eigenvalue weighted by molar-refractivity contribution is 5.75. The topological polar surface area (TPSA) is 85.8 Å². The summed E-state index contributed by atoms with van der Waals surface area (Å²) in [5.41, 5.74) is 6.32. The maximum absolute atomic E-state index is 11.9. The van der Waals surface area contributed by atoms with Gasteiger partial charge in [0.25, 0.3) is 0 Å². The predicted molar refractivity (Wildman–Crippen MR) is 60.9 cm³/mol. The fraction of sp³-hybridized carbons (Fsp3) is 0.700. The van der Waals surface area contributed by atoms with E-state index >= 15 is 0 Å². The van der Waals surface area contributed by atoms with Crippen molar-refractivity contribution in [2.24, 2.45) is 5.73 Å². The molecule has 0 aliphatic rings. The number of hydrogen-bond donors (Lipinski definition) is 2. The molecule has 0 fully saturated rings. The van der Waals surface area contributed by atoms with E-state index in [9.17, 15) is 18.0 Å². The summed E-state index contributed by atoms with van der Waals surface area (Å²) < 4.78 is 36.8. The molecule has 0 aliphatic heterocycles. The number of nitrogens with two attached hydrogens (primary N) is 1. The van der Waals surface area contributed by atoms with Gasteiger partial charge >= 0.3 is 6.18 Å². The molecule has 0 saturated carbocycles. The Hall–Kier alpha value is -1.64. The maximum atomic E-state index is 11.9. The van der Waals surface area contributed by atoms with Crippen molar-refractivity contribution in [3.63, 3.8) is 0 Å². The lowest BCUT2D eigenvalue weighted by Gasteiger charge is -2.08. The van der Waals surface area contributed by atoms with Crippen LogP contribution >= 0.6 is 0 Å². The molecule has 0 aliphatic carbocycles. The molecule has 3 N–H and O–H groups in total. The molecule has 108 valence electrons. The van der Waals surface area contributed by atoms with E-state index < -0.39 is 18.6 Å². The standard InChI is InChI=1S/C10H16F3N5O/c1-2-3-7(14)8-4-18(17-16-8)5-9(19)15-6-10(11,12)13/h4,7H,2-3,5-6,14H2,1H3,(H,15,19). The van der Waals surface area contributed by atoms with Gasteiger partial charge in [0, 0.05) is 0 Å². The maximum Gasteiger partial charge on any atom is 0.405 e. The van der Waals surface area contributed by atoms with E-state index in [-0.39, 0.29) is 12.6 Å². The number of carbonyl (C=O) groups excluding carboxylic acids is 1. The molecule has 1 amide bonds. The second kappa shape index (κ2) is 6.50. The Morgan fingerprint density at radius 2 is 2.26 bits per heavy atom. The average Bonchev–Trinajstić information content (AvgIpc) is 2.74. The zero-order valence-electron chi connectivity index (χ0n) is 10.4. The molecule has 1 rings (SSSR count). The van der Waals surface area contributed by atoms with Crippen LogP contribution in [0, 0.1) is 0 Å². The molecule has 1 unspecified atom stereocenters. The third kappa shape index (κ3) is 5.69. The normalized spacial score (nSPS) is 13.3. The van der Waals surface area contributed by atoms with Crippen molar-refractivity contribution in [1.82, 2.24) is 20.3 Å².